The van der Waals surface area contributed by atoms with Crippen LogP contribution < -0.4 is 0 Å². The van der Waals surface area contributed by atoms with E-state index in [2.05, 4.69) is 9.05 Å². The predicted octanol–water partition coefficient (Wildman–Crippen LogP) is 2.84. The largest absolute Gasteiger partial charge is 0.475 e. The first kappa shape index (κ1) is 13.9. The minimum atomic E-state index is -4.38. The van der Waals surface area contributed by atoms with E-state index in [0.29, 0.717) is 0 Å². The summed E-state index contributed by atoms with van der Waals surface area (Å²) < 4.78 is 73.3. The molecule has 0 spiro atoms. The van der Waals surface area contributed by atoms with Crippen molar-refractivity contribution in [2.75, 3.05) is 13.2 Å². The first-order valence-electron chi connectivity index (χ1n) is 4.32. The molecular weight excluding hydrogens is 255 g/mol. The van der Waals surface area contributed by atoms with E-state index in [4.69, 9.17) is 4.52 Å². The Morgan fingerprint density at radius 1 is 1.50 bits per heavy atom. The molecule has 0 aliphatic carbocycles. The lowest BCUT2D eigenvalue weighted by molar-refractivity contribution is -0.151. The molecule has 0 saturated carbocycles. The predicted molar refractivity (Wildman–Crippen MR) is 45.6 cm³/mol. The molecule has 0 aromatic carbocycles. The highest BCUT2D eigenvalue weighted by Crippen LogP contribution is 2.58. The second-order valence-corrected chi connectivity index (χ2v) is 5.50. The van der Waals surface area contributed by atoms with Crippen LogP contribution in [-0.4, -0.2) is 31.2 Å². The number of hydrogen-bond donors (Lipinski definition) is 0. The van der Waals surface area contributed by atoms with Gasteiger partial charge in [-0.1, -0.05) is 0 Å². The van der Waals surface area contributed by atoms with E-state index in [1.807, 2.05) is 0 Å². The summed E-state index contributed by atoms with van der Waals surface area (Å²) in [5.74, 6) is -4.38. The molecule has 1 heterocycles. The van der Waals surface area contributed by atoms with E-state index >= 15 is 0 Å². The molecule has 1 aliphatic rings. The van der Waals surface area contributed by atoms with Gasteiger partial charge in [0, 0.05) is 0 Å². The molecule has 0 amide bonds. The van der Waals surface area contributed by atoms with Gasteiger partial charge in [-0.05, 0) is 13.8 Å². The van der Waals surface area contributed by atoms with Crippen molar-refractivity contribution >= 4 is 7.82 Å². The Labute approximate surface area is 89.5 Å². The number of phosphoric acid groups is 1. The maximum atomic E-state index is 12.5. The van der Waals surface area contributed by atoms with E-state index in [1.54, 1.807) is 0 Å². The van der Waals surface area contributed by atoms with Gasteiger partial charge in [0.2, 0.25) is 0 Å². The summed E-state index contributed by atoms with van der Waals surface area (Å²) in [6.45, 7) is 1.17. The number of rotatable bonds is 4. The Kier molecular flexibility index (Phi) is 3.69. The molecule has 1 atom stereocenters. The molecular formula is C7H11F4O4P. The third kappa shape index (κ3) is 3.41. The highest BCUT2D eigenvalue weighted by Gasteiger charge is 2.48. The highest BCUT2D eigenvalue weighted by atomic mass is 31.2. The molecule has 9 heteroatoms. The minimum absolute atomic E-state index is 0.121. The minimum Gasteiger partial charge on any atom is -0.284 e. The normalized spacial score (nSPS) is 29.9. The van der Waals surface area contributed by atoms with Crippen LogP contribution in [0, 0.1) is 0 Å². The molecule has 16 heavy (non-hydrogen) atoms. The van der Waals surface area contributed by atoms with Crippen LogP contribution in [0.1, 0.15) is 13.8 Å². The summed E-state index contributed by atoms with van der Waals surface area (Å²) in [6.07, 6.45) is -3.89. The van der Waals surface area contributed by atoms with Gasteiger partial charge in [0.25, 0.3) is 0 Å². The summed E-state index contributed by atoms with van der Waals surface area (Å²) >= 11 is 0. The Morgan fingerprint density at radius 3 is 2.44 bits per heavy atom. The zero-order chi connectivity index (χ0) is 12.6. The number of halogens is 4. The third-order valence-electron chi connectivity index (χ3n) is 1.66. The summed E-state index contributed by atoms with van der Waals surface area (Å²) in [6, 6.07) is 0. The SMILES string of the molecule is CC1(C)COP(=O)(OCC(F)(F)C(F)F)O1. The van der Waals surface area contributed by atoms with Crippen molar-refractivity contribution in [3.8, 4) is 0 Å². The van der Waals surface area contributed by atoms with Crippen LogP contribution in [0.25, 0.3) is 0 Å². The van der Waals surface area contributed by atoms with E-state index < -0.39 is 32.4 Å². The monoisotopic (exact) mass is 266 g/mol. The molecule has 1 aliphatic heterocycles. The van der Waals surface area contributed by atoms with Crippen molar-refractivity contribution in [1.82, 2.24) is 0 Å². The number of alkyl halides is 4. The molecule has 0 aromatic rings. The fourth-order valence-corrected chi connectivity index (χ4v) is 2.52. The van der Waals surface area contributed by atoms with Crippen LogP contribution >= 0.6 is 7.82 Å². The zero-order valence-electron chi connectivity index (χ0n) is 8.58. The summed E-state index contributed by atoms with van der Waals surface area (Å²) in [4.78, 5) is 0. The molecule has 0 aromatic heterocycles. The van der Waals surface area contributed by atoms with Crippen molar-refractivity contribution in [2.45, 2.75) is 31.8 Å². The Balaban J connectivity index is 2.54. The smallest absolute Gasteiger partial charge is 0.284 e. The Hall–Kier alpha value is -0.170. The lowest BCUT2D eigenvalue weighted by atomic mass is 10.2. The van der Waals surface area contributed by atoms with Gasteiger partial charge >= 0.3 is 20.2 Å². The van der Waals surface area contributed by atoms with Crippen LogP contribution in [0.15, 0.2) is 0 Å². The fraction of sp³-hybridized carbons (Fsp3) is 1.00. The molecule has 1 unspecified atom stereocenters. The van der Waals surface area contributed by atoms with Crippen LogP contribution in [0.4, 0.5) is 17.6 Å². The molecule has 1 saturated heterocycles. The van der Waals surface area contributed by atoms with Gasteiger partial charge in [0.05, 0.1) is 12.2 Å². The summed E-state index contributed by atoms with van der Waals surface area (Å²) in [7, 11) is -4.14. The van der Waals surface area contributed by atoms with Crippen molar-refractivity contribution in [3.63, 3.8) is 0 Å². The number of hydrogen-bond acceptors (Lipinski definition) is 4. The first-order chi connectivity index (χ1) is 7.06. The highest BCUT2D eigenvalue weighted by molar-refractivity contribution is 7.48. The lowest BCUT2D eigenvalue weighted by Crippen LogP contribution is -2.32. The van der Waals surface area contributed by atoms with E-state index in [0.717, 1.165) is 0 Å². The molecule has 0 N–H and O–H groups in total. The van der Waals surface area contributed by atoms with Crippen LogP contribution in [0.3, 0.4) is 0 Å². The molecule has 0 bridgehead atoms. The quantitative estimate of drug-likeness (QED) is 0.579. The van der Waals surface area contributed by atoms with Gasteiger partial charge in [-0.2, -0.15) is 8.78 Å². The van der Waals surface area contributed by atoms with Crippen molar-refractivity contribution < 1.29 is 35.7 Å². The van der Waals surface area contributed by atoms with Crippen LogP contribution in [0.5, 0.6) is 0 Å². The van der Waals surface area contributed by atoms with Gasteiger partial charge < -0.3 is 0 Å². The Bertz CT molecular complexity index is 307. The standard InChI is InChI=1S/C7H11F4O4P/c1-6(2)3-13-16(12,15-6)14-4-7(10,11)5(8)9/h5H,3-4H2,1-2H3. The van der Waals surface area contributed by atoms with Gasteiger partial charge in [0.15, 0.2) is 0 Å². The molecule has 96 valence electrons. The number of phosphoric ester groups is 1. The first-order valence-corrected chi connectivity index (χ1v) is 5.78. The van der Waals surface area contributed by atoms with E-state index in [1.165, 1.54) is 13.8 Å². The van der Waals surface area contributed by atoms with Crippen LogP contribution in [-0.2, 0) is 18.1 Å². The maximum Gasteiger partial charge on any atom is 0.475 e. The van der Waals surface area contributed by atoms with Crippen LogP contribution in [0.2, 0.25) is 0 Å². The average molecular weight is 266 g/mol. The lowest BCUT2D eigenvalue weighted by Gasteiger charge is -2.18. The van der Waals surface area contributed by atoms with Gasteiger partial charge in [-0.25, -0.2) is 13.3 Å². The van der Waals surface area contributed by atoms with E-state index in [-0.39, 0.29) is 6.61 Å². The van der Waals surface area contributed by atoms with E-state index in [9.17, 15) is 22.1 Å². The second-order valence-electron chi connectivity index (χ2n) is 3.91. The third-order valence-corrected chi connectivity index (χ3v) is 3.27. The fourth-order valence-electron chi connectivity index (χ4n) is 0.882. The maximum absolute atomic E-state index is 12.5. The van der Waals surface area contributed by atoms with Gasteiger partial charge in [0.1, 0.15) is 6.61 Å². The molecule has 1 fully saturated rings. The van der Waals surface area contributed by atoms with Gasteiger partial charge in [-0.15, -0.1) is 0 Å². The van der Waals surface area contributed by atoms with Gasteiger partial charge in [-0.3, -0.25) is 13.6 Å². The molecule has 0 radical (unpaired) electrons. The average Bonchev–Trinajstić information content (AvgIpc) is 2.38. The topological polar surface area (TPSA) is 44.8 Å². The Morgan fingerprint density at radius 2 is 2.06 bits per heavy atom. The van der Waals surface area contributed by atoms with Crippen molar-refractivity contribution in [2.24, 2.45) is 0 Å². The summed E-state index contributed by atoms with van der Waals surface area (Å²) in [5, 5.41) is 0. The second kappa shape index (κ2) is 4.25. The van der Waals surface area contributed by atoms with Crippen molar-refractivity contribution in [3.05, 3.63) is 0 Å². The van der Waals surface area contributed by atoms with Crippen molar-refractivity contribution in [1.29, 1.82) is 0 Å². The zero-order valence-corrected chi connectivity index (χ0v) is 9.48. The molecule has 4 nitrogen and oxygen atoms in total. The molecule has 1 rings (SSSR count). The summed E-state index contributed by atoms with van der Waals surface area (Å²) in [5.41, 5.74) is -0.949.